The highest BCUT2D eigenvalue weighted by Gasteiger charge is 2.08. The van der Waals surface area contributed by atoms with Gasteiger partial charge in [0.1, 0.15) is 17.5 Å². The molecule has 96 valence electrons. The first-order valence-electron chi connectivity index (χ1n) is 5.63. The minimum absolute atomic E-state index is 0.635. The predicted molar refractivity (Wildman–Crippen MR) is 69.9 cm³/mol. The second-order valence-electron chi connectivity index (χ2n) is 4.11. The van der Waals surface area contributed by atoms with E-state index in [4.69, 9.17) is 5.84 Å². The second-order valence-corrected chi connectivity index (χ2v) is 4.11. The van der Waals surface area contributed by atoms with Crippen LogP contribution in [0.1, 0.15) is 17.0 Å². The molecule has 0 fully saturated rings. The number of nitrogens with two attached hydrogens (primary N) is 1. The van der Waals surface area contributed by atoms with Gasteiger partial charge in [0.05, 0.1) is 6.20 Å². The van der Waals surface area contributed by atoms with E-state index in [9.17, 15) is 0 Å². The van der Waals surface area contributed by atoms with Crippen LogP contribution in [0.2, 0.25) is 0 Å². The zero-order valence-electron chi connectivity index (χ0n) is 10.7. The van der Waals surface area contributed by atoms with E-state index in [0.717, 1.165) is 16.9 Å². The molecule has 0 aliphatic rings. The van der Waals surface area contributed by atoms with Crippen LogP contribution < -0.4 is 16.6 Å². The topological polar surface area (TPSA) is 93.7 Å². The molecule has 0 spiro atoms. The number of hydrogen-bond donors (Lipinski definition) is 3. The molecule has 7 heteroatoms. The number of aromatic nitrogens is 4. The van der Waals surface area contributed by atoms with E-state index in [1.54, 1.807) is 4.68 Å². The van der Waals surface area contributed by atoms with Gasteiger partial charge in [-0.15, -0.1) is 0 Å². The van der Waals surface area contributed by atoms with Crippen molar-refractivity contribution in [1.29, 1.82) is 0 Å². The third-order valence-electron chi connectivity index (χ3n) is 2.61. The molecule has 2 aromatic rings. The predicted octanol–water partition coefficient (Wildman–Crippen LogP) is 0.725. The van der Waals surface area contributed by atoms with Gasteiger partial charge in [-0.3, -0.25) is 4.68 Å². The maximum atomic E-state index is 5.42. The summed E-state index contributed by atoms with van der Waals surface area (Å²) in [6.07, 6.45) is 3.77. The minimum atomic E-state index is 0.635. The number of aryl methyl sites for hydroxylation is 2. The average molecular weight is 247 g/mol. The summed E-state index contributed by atoms with van der Waals surface area (Å²) in [6, 6.07) is 0. The number of nitrogens with one attached hydrogen (secondary N) is 2. The fourth-order valence-corrected chi connectivity index (χ4v) is 1.69. The minimum Gasteiger partial charge on any atom is -0.365 e. The molecule has 0 saturated carbocycles. The van der Waals surface area contributed by atoms with Crippen LogP contribution in [-0.2, 0) is 13.6 Å². The van der Waals surface area contributed by atoms with Crippen LogP contribution in [0.4, 0.5) is 11.6 Å². The Kier molecular flexibility index (Phi) is 3.42. The zero-order chi connectivity index (χ0) is 13.1. The van der Waals surface area contributed by atoms with E-state index in [1.807, 2.05) is 33.3 Å². The van der Waals surface area contributed by atoms with Crippen LogP contribution in [-0.4, -0.2) is 19.7 Å². The van der Waals surface area contributed by atoms with E-state index in [2.05, 4.69) is 25.8 Å². The molecule has 0 aromatic carbocycles. The van der Waals surface area contributed by atoms with Crippen molar-refractivity contribution >= 4 is 11.6 Å². The van der Waals surface area contributed by atoms with E-state index >= 15 is 0 Å². The molecule has 2 heterocycles. The molecule has 0 amide bonds. The zero-order valence-corrected chi connectivity index (χ0v) is 10.7. The van der Waals surface area contributed by atoms with Crippen molar-refractivity contribution in [3.05, 3.63) is 29.3 Å². The molecular weight excluding hydrogens is 230 g/mol. The summed E-state index contributed by atoms with van der Waals surface area (Å²) in [5, 5.41) is 7.37. The Bertz CT molecular complexity index is 546. The number of anilines is 2. The first kappa shape index (κ1) is 12.3. The molecule has 18 heavy (non-hydrogen) atoms. The number of nitrogen functional groups attached to an aromatic ring is 1. The SMILES string of the molecule is Cc1nc(NN)c(C)c(NCc2cnn(C)c2)n1. The number of hydrogen-bond acceptors (Lipinski definition) is 6. The third-order valence-corrected chi connectivity index (χ3v) is 2.61. The van der Waals surface area contributed by atoms with Crippen molar-refractivity contribution in [2.45, 2.75) is 20.4 Å². The molecule has 2 aromatic heterocycles. The monoisotopic (exact) mass is 247 g/mol. The van der Waals surface area contributed by atoms with Crippen molar-refractivity contribution in [2.24, 2.45) is 12.9 Å². The lowest BCUT2D eigenvalue weighted by Crippen LogP contribution is -2.14. The lowest BCUT2D eigenvalue weighted by atomic mass is 10.3. The van der Waals surface area contributed by atoms with Crippen molar-refractivity contribution in [2.75, 3.05) is 10.7 Å². The van der Waals surface area contributed by atoms with Crippen LogP contribution in [0.5, 0.6) is 0 Å². The van der Waals surface area contributed by atoms with Gasteiger partial charge >= 0.3 is 0 Å². The van der Waals surface area contributed by atoms with Gasteiger partial charge in [-0.1, -0.05) is 0 Å². The fourth-order valence-electron chi connectivity index (χ4n) is 1.69. The summed E-state index contributed by atoms with van der Waals surface area (Å²) < 4.78 is 1.77. The fraction of sp³-hybridized carbons (Fsp3) is 0.364. The highest BCUT2D eigenvalue weighted by atomic mass is 15.3. The van der Waals surface area contributed by atoms with Crippen molar-refractivity contribution < 1.29 is 0 Å². The van der Waals surface area contributed by atoms with Gasteiger partial charge < -0.3 is 10.7 Å². The van der Waals surface area contributed by atoms with Crippen LogP contribution in [0, 0.1) is 13.8 Å². The van der Waals surface area contributed by atoms with Gasteiger partial charge in [0.2, 0.25) is 0 Å². The highest BCUT2D eigenvalue weighted by Crippen LogP contribution is 2.19. The molecule has 2 rings (SSSR count). The maximum Gasteiger partial charge on any atom is 0.148 e. The van der Waals surface area contributed by atoms with E-state index in [1.165, 1.54) is 0 Å². The second kappa shape index (κ2) is 5.01. The lowest BCUT2D eigenvalue weighted by molar-refractivity contribution is 0.767. The Hall–Kier alpha value is -2.15. The van der Waals surface area contributed by atoms with Crippen LogP contribution in [0.15, 0.2) is 12.4 Å². The van der Waals surface area contributed by atoms with Gasteiger partial charge in [0.15, 0.2) is 0 Å². The molecule has 0 bridgehead atoms. The van der Waals surface area contributed by atoms with Crippen LogP contribution in [0.3, 0.4) is 0 Å². The van der Waals surface area contributed by atoms with E-state index < -0.39 is 0 Å². The summed E-state index contributed by atoms with van der Waals surface area (Å²) in [4.78, 5) is 8.57. The molecule has 0 unspecified atom stereocenters. The Morgan fingerprint density at radius 1 is 1.28 bits per heavy atom. The first-order chi connectivity index (χ1) is 8.60. The normalized spacial score (nSPS) is 10.4. The van der Waals surface area contributed by atoms with Crippen molar-refractivity contribution in [1.82, 2.24) is 19.7 Å². The van der Waals surface area contributed by atoms with Crippen LogP contribution in [0.25, 0.3) is 0 Å². The van der Waals surface area contributed by atoms with Crippen molar-refractivity contribution in [3.63, 3.8) is 0 Å². The summed E-state index contributed by atoms with van der Waals surface area (Å²) in [6.45, 7) is 4.41. The Balaban J connectivity index is 2.16. The van der Waals surface area contributed by atoms with Gasteiger partial charge in [0, 0.05) is 30.9 Å². The Labute approximate surface area is 105 Å². The standard InChI is InChI=1S/C11H17N7/c1-7-10(15-8(2)16-11(7)17-12)13-4-9-5-14-18(3)6-9/h5-6H,4,12H2,1-3H3,(H2,13,15,16,17). The molecule has 4 N–H and O–H groups in total. The van der Waals surface area contributed by atoms with Crippen molar-refractivity contribution in [3.8, 4) is 0 Å². The first-order valence-corrected chi connectivity index (χ1v) is 5.63. The van der Waals surface area contributed by atoms with Gasteiger partial charge in [0.25, 0.3) is 0 Å². The Morgan fingerprint density at radius 3 is 2.61 bits per heavy atom. The largest absolute Gasteiger partial charge is 0.365 e. The molecule has 0 aliphatic heterocycles. The lowest BCUT2D eigenvalue weighted by Gasteiger charge is -2.11. The molecule has 0 aliphatic carbocycles. The van der Waals surface area contributed by atoms with Gasteiger partial charge in [-0.25, -0.2) is 15.8 Å². The number of nitrogens with zero attached hydrogens (tertiary/aromatic N) is 4. The number of rotatable bonds is 4. The van der Waals surface area contributed by atoms with Gasteiger partial charge in [-0.2, -0.15) is 5.10 Å². The Morgan fingerprint density at radius 2 is 2.00 bits per heavy atom. The van der Waals surface area contributed by atoms with Crippen LogP contribution >= 0.6 is 0 Å². The third kappa shape index (κ3) is 2.57. The summed E-state index contributed by atoms with van der Waals surface area (Å²) in [5.74, 6) is 7.50. The summed E-state index contributed by atoms with van der Waals surface area (Å²) in [5.41, 5.74) is 4.56. The molecule has 0 saturated heterocycles. The molecule has 7 nitrogen and oxygen atoms in total. The quantitative estimate of drug-likeness (QED) is 0.544. The molecular formula is C11H17N7. The average Bonchev–Trinajstić information content (AvgIpc) is 2.75. The molecule has 0 atom stereocenters. The smallest absolute Gasteiger partial charge is 0.148 e. The highest BCUT2D eigenvalue weighted by molar-refractivity contribution is 5.56. The maximum absolute atomic E-state index is 5.42. The number of hydrazine groups is 1. The summed E-state index contributed by atoms with van der Waals surface area (Å²) >= 11 is 0. The van der Waals surface area contributed by atoms with Gasteiger partial charge in [-0.05, 0) is 13.8 Å². The van der Waals surface area contributed by atoms with E-state index in [0.29, 0.717) is 18.2 Å². The molecule has 0 radical (unpaired) electrons. The summed E-state index contributed by atoms with van der Waals surface area (Å²) in [7, 11) is 1.89. The van der Waals surface area contributed by atoms with E-state index in [-0.39, 0.29) is 0 Å².